The van der Waals surface area contributed by atoms with Crippen molar-refractivity contribution < 1.29 is 9.53 Å². The summed E-state index contributed by atoms with van der Waals surface area (Å²) in [5.41, 5.74) is 1.66. The Balaban J connectivity index is 2.13. The van der Waals surface area contributed by atoms with E-state index in [1.54, 1.807) is 19.1 Å². The second kappa shape index (κ2) is 6.57. The quantitative estimate of drug-likeness (QED) is 0.853. The first-order valence-electron chi connectivity index (χ1n) is 6.24. The van der Waals surface area contributed by atoms with Gasteiger partial charge in [-0.3, -0.25) is 4.79 Å². The molecule has 4 heteroatoms. The Kier molecular flexibility index (Phi) is 4.79. The molecule has 0 aliphatic heterocycles. The van der Waals surface area contributed by atoms with Crippen LogP contribution in [0.5, 0.6) is 5.75 Å². The lowest BCUT2D eigenvalue weighted by Gasteiger charge is -2.19. The van der Waals surface area contributed by atoms with Crippen LogP contribution in [-0.2, 0) is 6.54 Å². The molecule has 0 aliphatic carbocycles. The number of carbonyl (C=O) groups is 1. The molecule has 0 unspecified atom stereocenters. The molecule has 2 aromatic carbocycles. The maximum absolute atomic E-state index is 12.3. The highest BCUT2D eigenvalue weighted by Gasteiger charge is 2.13. The highest BCUT2D eigenvalue weighted by molar-refractivity contribution is 9.10. The molecule has 2 rings (SSSR count). The van der Waals surface area contributed by atoms with E-state index in [1.165, 1.54) is 0 Å². The number of benzene rings is 2. The Morgan fingerprint density at radius 3 is 2.45 bits per heavy atom. The third kappa shape index (κ3) is 3.39. The first-order chi connectivity index (χ1) is 9.61. The van der Waals surface area contributed by atoms with Gasteiger partial charge in [0.25, 0.3) is 5.91 Å². The lowest BCUT2D eigenvalue weighted by Crippen LogP contribution is -2.26. The van der Waals surface area contributed by atoms with Crippen LogP contribution < -0.4 is 4.74 Å². The fourth-order valence-corrected chi connectivity index (χ4v) is 2.24. The highest BCUT2D eigenvalue weighted by Crippen LogP contribution is 2.20. The summed E-state index contributed by atoms with van der Waals surface area (Å²) in [6.07, 6.45) is 0. The molecule has 0 saturated heterocycles. The van der Waals surface area contributed by atoms with Gasteiger partial charge in [0, 0.05) is 29.2 Å². The summed E-state index contributed by atoms with van der Waals surface area (Å²) in [5.74, 6) is 0.784. The standard InChI is InChI=1S/C16H16BrNO2/c1-18(11-13-5-3-4-6-15(13)20-2)16(19)12-7-9-14(17)10-8-12/h3-10H,11H2,1-2H3. The van der Waals surface area contributed by atoms with Crippen molar-refractivity contribution in [3.63, 3.8) is 0 Å². The minimum absolute atomic E-state index is 0.0107. The second-order valence-corrected chi connectivity index (χ2v) is 5.40. The topological polar surface area (TPSA) is 29.5 Å². The Hall–Kier alpha value is -1.81. The molecule has 0 saturated carbocycles. The zero-order valence-corrected chi connectivity index (χ0v) is 13.1. The number of halogens is 1. The van der Waals surface area contributed by atoms with E-state index in [1.807, 2.05) is 48.5 Å². The summed E-state index contributed by atoms with van der Waals surface area (Å²) in [6.45, 7) is 0.513. The van der Waals surface area contributed by atoms with Crippen molar-refractivity contribution in [3.05, 3.63) is 64.1 Å². The summed E-state index contributed by atoms with van der Waals surface area (Å²) >= 11 is 3.36. The zero-order chi connectivity index (χ0) is 14.5. The van der Waals surface area contributed by atoms with Gasteiger partial charge in [0.2, 0.25) is 0 Å². The molecule has 0 radical (unpaired) electrons. The van der Waals surface area contributed by atoms with Crippen LogP contribution in [0.3, 0.4) is 0 Å². The molecule has 104 valence electrons. The molecule has 3 nitrogen and oxygen atoms in total. The number of para-hydroxylation sites is 1. The predicted octanol–water partition coefficient (Wildman–Crippen LogP) is 3.73. The van der Waals surface area contributed by atoms with Crippen LogP contribution in [0.15, 0.2) is 53.0 Å². The molecule has 0 fully saturated rings. The molecule has 0 spiro atoms. The van der Waals surface area contributed by atoms with E-state index in [4.69, 9.17) is 4.74 Å². The Labute approximate surface area is 127 Å². The average molecular weight is 334 g/mol. The molecule has 2 aromatic rings. The van der Waals surface area contributed by atoms with E-state index in [-0.39, 0.29) is 5.91 Å². The van der Waals surface area contributed by atoms with E-state index < -0.39 is 0 Å². The van der Waals surface area contributed by atoms with Crippen LogP contribution in [-0.4, -0.2) is 25.0 Å². The largest absolute Gasteiger partial charge is 0.496 e. The number of hydrogen-bond donors (Lipinski definition) is 0. The minimum Gasteiger partial charge on any atom is -0.496 e. The molecule has 0 N–H and O–H groups in total. The number of ether oxygens (including phenoxy) is 1. The molecule has 0 atom stereocenters. The van der Waals surface area contributed by atoms with Crippen molar-refractivity contribution in [2.24, 2.45) is 0 Å². The van der Waals surface area contributed by atoms with Crippen molar-refractivity contribution >= 4 is 21.8 Å². The van der Waals surface area contributed by atoms with Gasteiger partial charge < -0.3 is 9.64 Å². The molecule has 0 aliphatic rings. The second-order valence-electron chi connectivity index (χ2n) is 4.48. The third-order valence-electron chi connectivity index (χ3n) is 3.04. The van der Waals surface area contributed by atoms with Crippen LogP contribution in [0, 0.1) is 0 Å². The number of hydrogen-bond acceptors (Lipinski definition) is 2. The van der Waals surface area contributed by atoms with E-state index in [9.17, 15) is 4.79 Å². The van der Waals surface area contributed by atoms with Crippen LogP contribution in [0.1, 0.15) is 15.9 Å². The van der Waals surface area contributed by atoms with Gasteiger partial charge in [0.1, 0.15) is 5.75 Å². The monoisotopic (exact) mass is 333 g/mol. The fourth-order valence-electron chi connectivity index (χ4n) is 1.97. The maximum atomic E-state index is 12.3. The lowest BCUT2D eigenvalue weighted by molar-refractivity contribution is 0.0784. The minimum atomic E-state index is -0.0107. The first kappa shape index (κ1) is 14.6. The predicted molar refractivity (Wildman–Crippen MR) is 82.9 cm³/mol. The van der Waals surface area contributed by atoms with Crippen LogP contribution in [0.4, 0.5) is 0 Å². The van der Waals surface area contributed by atoms with Crippen molar-refractivity contribution in [1.29, 1.82) is 0 Å². The summed E-state index contributed by atoms with van der Waals surface area (Å²) in [5, 5.41) is 0. The van der Waals surface area contributed by atoms with E-state index >= 15 is 0 Å². The van der Waals surface area contributed by atoms with Gasteiger partial charge in [-0.05, 0) is 30.3 Å². The number of nitrogens with zero attached hydrogens (tertiary/aromatic N) is 1. The number of rotatable bonds is 4. The summed E-state index contributed by atoms with van der Waals surface area (Å²) < 4.78 is 6.26. The van der Waals surface area contributed by atoms with Crippen LogP contribution >= 0.6 is 15.9 Å². The zero-order valence-electron chi connectivity index (χ0n) is 11.5. The Morgan fingerprint density at radius 1 is 1.15 bits per heavy atom. The van der Waals surface area contributed by atoms with Gasteiger partial charge in [-0.2, -0.15) is 0 Å². The SMILES string of the molecule is COc1ccccc1CN(C)C(=O)c1ccc(Br)cc1. The molecular formula is C16H16BrNO2. The number of amides is 1. The molecule has 0 heterocycles. The number of carbonyl (C=O) groups excluding carboxylic acids is 1. The fraction of sp³-hybridized carbons (Fsp3) is 0.188. The highest BCUT2D eigenvalue weighted by atomic mass is 79.9. The Morgan fingerprint density at radius 2 is 1.80 bits per heavy atom. The van der Waals surface area contributed by atoms with Crippen LogP contribution in [0.25, 0.3) is 0 Å². The van der Waals surface area contributed by atoms with Gasteiger partial charge in [-0.15, -0.1) is 0 Å². The Bertz CT molecular complexity index is 596. The normalized spacial score (nSPS) is 10.2. The summed E-state index contributed by atoms with van der Waals surface area (Å²) in [6, 6.07) is 15.1. The van der Waals surface area contributed by atoms with Crippen LogP contribution in [0.2, 0.25) is 0 Å². The van der Waals surface area contributed by atoms with Gasteiger partial charge >= 0.3 is 0 Å². The van der Waals surface area contributed by atoms with Crippen molar-refractivity contribution in [2.45, 2.75) is 6.54 Å². The molecule has 1 amide bonds. The van der Waals surface area contributed by atoms with Crippen molar-refractivity contribution in [1.82, 2.24) is 4.90 Å². The van der Waals surface area contributed by atoms with E-state index in [0.29, 0.717) is 12.1 Å². The number of methoxy groups -OCH3 is 1. The van der Waals surface area contributed by atoms with Gasteiger partial charge in [-0.1, -0.05) is 34.1 Å². The van der Waals surface area contributed by atoms with Crippen molar-refractivity contribution in [2.75, 3.05) is 14.2 Å². The molecular weight excluding hydrogens is 318 g/mol. The van der Waals surface area contributed by atoms with Gasteiger partial charge in [0.15, 0.2) is 0 Å². The maximum Gasteiger partial charge on any atom is 0.253 e. The lowest BCUT2D eigenvalue weighted by atomic mass is 10.1. The third-order valence-corrected chi connectivity index (χ3v) is 3.57. The van der Waals surface area contributed by atoms with E-state index in [2.05, 4.69) is 15.9 Å². The van der Waals surface area contributed by atoms with Crippen molar-refractivity contribution in [3.8, 4) is 5.75 Å². The smallest absolute Gasteiger partial charge is 0.253 e. The average Bonchev–Trinajstić information content (AvgIpc) is 2.48. The van der Waals surface area contributed by atoms with E-state index in [0.717, 1.165) is 15.8 Å². The van der Waals surface area contributed by atoms with Gasteiger partial charge in [0.05, 0.1) is 7.11 Å². The molecule has 0 aromatic heterocycles. The molecule has 0 bridgehead atoms. The molecule has 20 heavy (non-hydrogen) atoms. The summed E-state index contributed by atoms with van der Waals surface area (Å²) in [4.78, 5) is 14.0. The summed E-state index contributed by atoms with van der Waals surface area (Å²) in [7, 11) is 3.42. The first-order valence-corrected chi connectivity index (χ1v) is 7.04. The van der Waals surface area contributed by atoms with Gasteiger partial charge in [-0.25, -0.2) is 0 Å².